The molecule has 1 heterocycles. The Bertz CT molecular complexity index is 1570. The van der Waals surface area contributed by atoms with Crippen molar-refractivity contribution in [3.8, 4) is 5.75 Å². The molecule has 39 heavy (non-hydrogen) atoms. The van der Waals surface area contributed by atoms with Crippen molar-refractivity contribution in [3.63, 3.8) is 0 Å². The predicted molar refractivity (Wildman–Crippen MR) is 150 cm³/mol. The van der Waals surface area contributed by atoms with E-state index in [9.17, 15) is 22.2 Å². The monoisotopic (exact) mass is 590 g/mol. The molecule has 0 saturated heterocycles. The van der Waals surface area contributed by atoms with Crippen LogP contribution in [0.4, 0.5) is 11.4 Å². The molecule has 4 rings (SSSR count). The lowest BCUT2D eigenvalue weighted by Crippen LogP contribution is -2.38. The van der Waals surface area contributed by atoms with Crippen molar-refractivity contribution in [2.24, 2.45) is 0 Å². The molecule has 0 fully saturated rings. The van der Waals surface area contributed by atoms with Gasteiger partial charge in [-0.1, -0.05) is 11.6 Å². The third kappa shape index (κ3) is 6.26. The summed E-state index contributed by atoms with van der Waals surface area (Å²) in [4.78, 5) is 25.5. The number of hydrogen-bond donors (Lipinski definition) is 1. The summed E-state index contributed by atoms with van der Waals surface area (Å²) in [5.41, 5.74) is 0.397. The van der Waals surface area contributed by atoms with Crippen LogP contribution in [0.2, 0.25) is 5.02 Å². The molecule has 1 aliphatic rings. The van der Waals surface area contributed by atoms with Crippen molar-refractivity contribution in [2.45, 2.75) is 36.2 Å². The number of esters is 1. The number of nitrogens with one attached hydrogen (secondary N) is 1. The van der Waals surface area contributed by atoms with Crippen LogP contribution in [0.15, 0.2) is 70.5 Å². The van der Waals surface area contributed by atoms with Crippen LogP contribution in [0.1, 0.15) is 41.5 Å². The summed E-state index contributed by atoms with van der Waals surface area (Å²) in [6.45, 7) is 5.25. The molecule has 0 aliphatic carbocycles. The van der Waals surface area contributed by atoms with E-state index < -0.39 is 38.3 Å². The zero-order chi connectivity index (χ0) is 28.5. The van der Waals surface area contributed by atoms with Gasteiger partial charge in [-0.2, -0.15) is 0 Å². The van der Waals surface area contributed by atoms with Crippen LogP contribution in [0.5, 0.6) is 5.75 Å². The van der Waals surface area contributed by atoms with Gasteiger partial charge in [-0.25, -0.2) is 13.2 Å². The Hall–Kier alpha value is -3.41. The Morgan fingerprint density at radius 1 is 1.00 bits per heavy atom. The van der Waals surface area contributed by atoms with Gasteiger partial charge in [0.05, 0.1) is 34.1 Å². The number of ether oxygens (including phenoxy) is 2. The van der Waals surface area contributed by atoms with Crippen LogP contribution in [-0.2, 0) is 25.6 Å². The normalized spacial score (nSPS) is 15.3. The molecular weight excluding hydrogens is 564 g/mol. The summed E-state index contributed by atoms with van der Waals surface area (Å²) in [7, 11) is -4.28. The molecule has 0 aromatic heterocycles. The molecule has 12 heteroatoms. The van der Waals surface area contributed by atoms with Gasteiger partial charge >= 0.3 is 5.97 Å². The van der Waals surface area contributed by atoms with Gasteiger partial charge in [0.1, 0.15) is 16.2 Å². The van der Waals surface area contributed by atoms with Crippen LogP contribution in [0, 0.1) is 0 Å². The summed E-state index contributed by atoms with van der Waals surface area (Å²) in [5.74, 6) is -0.807. The maximum Gasteiger partial charge on any atom is 0.338 e. The average Bonchev–Trinajstić information content (AvgIpc) is 2.88. The van der Waals surface area contributed by atoms with E-state index in [0.717, 1.165) is 4.31 Å². The molecule has 1 N–H and O–H groups in total. The highest BCUT2D eigenvalue weighted by Crippen LogP contribution is 2.37. The summed E-state index contributed by atoms with van der Waals surface area (Å²) in [6.07, 6.45) is 0. The first-order valence-corrected chi connectivity index (χ1v) is 15.0. The molecule has 1 amide bonds. The third-order valence-corrected chi connectivity index (χ3v) is 9.14. The fourth-order valence-corrected chi connectivity index (χ4v) is 7.15. The van der Waals surface area contributed by atoms with E-state index in [-0.39, 0.29) is 39.2 Å². The van der Waals surface area contributed by atoms with E-state index in [1.54, 1.807) is 32.9 Å². The Morgan fingerprint density at radius 3 is 2.31 bits per heavy atom. The zero-order valence-corrected chi connectivity index (χ0v) is 24.1. The van der Waals surface area contributed by atoms with Gasteiger partial charge in [0, 0.05) is 28.6 Å². The Balaban J connectivity index is 1.62. The number of benzene rings is 3. The third-order valence-electron chi connectivity index (χ3n) is 5.69. The maximum atomic E-state index is 13.7. The van der Waals surface area contributed by atoms with Gasteiger partial charge in [-0.05, 0) is 81.4 Å². The van der Waals surface area contributed by atoms with E-state index >= 15 is 0 Å². The molecule has 0 saturated carbocycles. The van der Waals surface area contributed by atoms with Crippen molar-refractivity contribution in [3.05, 3.63) is 76.8 Å². The maximum absolute atomic E-state index is 13.7. The first-order chi connectivity index (χ1) is 18.3. The minimum Gasteiger partial charge on any atom is -0.495 e. The number of sulfonamides is 1. The van der Waals surface area contributed by atoms with Crippen LogP contribution in [-0.4, -0.2) is 49.5 Å². The van der Waals surface area contributed by atoms with Crippen molar-refractivity contribution < 1.29 is 31.7 Å². The molecule has 1 aliphatic heterocycles. The van der Waals surface area contributed by atoms with Gasteiger partial charge in [-0.15, -0.1) is 0 Å². The highest BCUT2D eigenvalue weighted by Gasteiger charge is 2.34. The molecule has 0 radical (unpaired) electrons. The van der Waals surface area contributed by atoms with Gasteiger partial charge in [0.2, 0.25) is 0 Å². The van der Waals surface area contributed by atoms with E-state index in [4.69, 9.17) is 21.1 Å². The molecule has 0 spiro atoms. The highest BCUT2D eigenvalue weighted by molar-refractivity contribution is 7.93. The van der Waals surface area contributed by atoms with Gasteiger partial charge in [0.25, 0.3) is 15.9 Å². The molecule has 9 nitrogen and oxygen atoms in total. The molecule has 1 atom stereocenters. The molecular formula is C27H27ClN2O7S2. The van der Waals surface area contributed by atoms with Gasteiger partial charge < -0.3 is 14.8 Å². The number of carbonyl (C=O) groups excluding carboxylic acids is 2. The fraction of sp³-hybridized carbons (Fsp3) is 0.259. The van der Waals surface area contributed by atoms with Crippen LogP contribution in [0.25, 0.3) is 0 Å². The lowest BCUT2D eigenvalue weighted by molar-refractivity contribution is 0.00694. The second-order valence-corrected chi connectivity index (χ2v) is 13.4. The minimum absolute atomic E-state index is 0.0607. The molecule has 3 aromatic rings. The zero-order valence-electron chi connectivity index (χ0n) is 21.7. The van der Waals surface area contributed by atoms with Crippen molar-refractivity contribution in [1.29, 1.82) is 0 Å². The first-order valence-electron chi connectivity index (χ1n) is 11.8. The number of nitrogens with zero attached hydrogens (tertiary/aromatic N) is 1. The molecule has 206 valence electrons. The molecule has 3 aromatic carbocycles. The largest absolute Gasteiger partial charge is 0.495 e. The fourth-order valence-electron chi connectivity index (χ4n) is 3.89. The lowest BCUT2D eigenvalue weighted by atomic mass is 10.1. The average molecular weight is 591 g/mol. The number of carbonyl (C=O) groups is 2. The van der Waals surface area contributed by atoms with E-state index in [2.05, 4.69) is 5.32 Å². The quantitative estimate of drug-likeness (QED) is 0.407. The first kappa shape index (κ1) is 28.6. The van der Waals surface area contributed by atoms with Crippen LogP contribution in [0.3, 0.4) is 0 Å². The van der Waals surface area contributed by atoms with Crippen molar-refractivity contribution >= 4 is 55.7 Å². The molecule has 1 unspecified atom stereocenters. The topological polar surface area (TPSA) is 119 Å². The van der Waals surface area contributed by atoms with Gasteiger partial charge in [-0.3, -0.25) is 13.3 Å². The number of methoxy groups -OCH3 is 1. The van der Waals surface area contributed by atoms with E-state index in [1.807, 2.05) is 0 Å². The van der Waals surface area contributed by atoms with Crippen molar-refractivity contribution in [2.75, 3.05) is 29.0 Å². The Morgan fingerprint density at radius 2 is 1.67 bits per heavy atom. The van der Waals surface area contributed by atoms with Crippen molar-refractivity contribution in [1.82, 2.24) is 0 Å². The molecule has 0 bridgehead atoms. The Kier molecular flexibility index (Phi) is 8.06. The van der Waals surface area contributed by atoms with Crippen LogP contribution >= 0.6 is 11.6 Å². The number of anilines is 2. The highest BCUT2D eigenvalue weighted by atomic mass is 35.5. The number of amides is 1. The minimum atomic E-state index is -4.18. The summed E-state index contributed by atoms with van der Waals surface area (Å²) in [5, 5.41) is 2.94. The number of hydrogen-bond acceptors (Lipinski definition) is 7. The van der Waals surface area contributed by atoms with Crippen LogP contribution < -0.4 is 14.4 Å². The number of halogens is 1. The lowest BCUT2D eigenvalue weighted by Gasteiger charge is -2.30. The number of rotatable bonds is 6. The smallest absolute Gasteiger partial charge is 0.338 e. The number of fused-ring (bicyclic) bond motifs is 1. The summed E-state index contributed by atoms with van der Waals surface area (Å²) >= 11 is 6.08. The SMILES string of the molecule is COc1ccc(Cl)cc1S(=O)(=O)N1CCS(=O)c2ccc(C(=O)Nc3ccc(C(=O)OC(C)(C)C)cc3)cc21. The second kappa shape index (κ2) is 11.0. The Labute approximate surface area is 234 Å². The second-order valence-electron chi connectivity index (χ2n) is 9.64. The van der Waals surface area contributed by atoms with E-state index in [1.165, 1.54) is 55.6 Å². The standard InChI is InChI=1S/C27H27ClN2O7S2/c1-27(2,3)37-26(32)17-5-9-20(10-6-17)29-25(31)18-7-12-23-21(15-18)30(13-14-38(23)33)39(34,35)24-16-19(28)8-11-22(24)36-4/h5-12,15-16H,13-14H2,1-4H3,(H,29,31). The summed E-state index contributed by atoms with van der Waals surface area (Å²) < 4.78 is 51.8. The van der Waals surface area contributed by atoms with Gasteiger partial charge in [0.15, 0.2) is 0 Å². The predicted octanol–water partition coefficient (Wildman–Crippen LogP) is 4.87. The van der Waals surface area contributed by atoms with E-state index in [0.29, 0.717) is 16.1 Å². The summed E-state index contributed by atoms with van der Waals surface area (Å²) in [6, 6.07) is 14.8.